The van der Waals surface area contributed by atoms with Crippen molar-refractivity contribution >= 4 is 22.5 Å². The normalized spacial score (nSPS) is 15.3. The van der Waals surface area contributed by atoms with Gasteiger partial charge in [0.05, 0.1) is 31.0 Å². The van der Waals surface area contributed by atoms with Gasteiger partial charge in [-0.1, -0.05) is 18.2 Å². The third-order valence-electron chi connectivity index (χ3n) is 3.43. The average Bonchev–Trinajstić information content (AvgIpc) is 2.53. The number of ether oxygens (including phenoxy) is 1. The Bertz CT molecular complexity index is 604. The second-order valence-corrected chi connectivity index (χ2v) is 4.73. The Morgan fingerprint density at radius 3 is 2.90 bits per heavy atom. The van der Waals surface area contributed by atoms with E-state index in [4.69, 9.17) is 4.74 Å². The number of carbonyl (C=O) groups excluding carboxylic acids is 1. The monoisotopic (exact) mass is 271 g/mol. The van der Waals surface area contributed by atoms with E-state index in [1.807, 2.05) is 35.2 Å². The van der Waals surface area contributed by atoms with E-state index in [0.29, 0.717) is 26.3 Å². The summed E-state index contributed by atoms with van der Waals surface area (Å²) >= 11 is 0. The molecule has 20 heavy (non-hydrogen) atoms. The number of morpholine rings is 1. The van der Waals surface area contributed by atoms with Gasteiger partial charge in [0, 0.05) is 24.7 Å². The minimum absolute atomic E-state index is 0.0984. The maximum absolute atomic E-state index is 12.1. The molecule has 1 N–H and O–H groups in total. The van der Waals surface area contributed by atoms with Crippen LogP contribution in [0, 0.1) is 0 Å². The summed E-state index contributed by atoms with van der Waals surface area (Å²) in [5, 5.41) is 4.26. The van der Waals surface area contributed by atoms with Gasteiger partial charge in [-0.2, -0.15) is 0 Å². The average molecular weight is 271 g/mol. The number of anilines is 1. The number of nitrogens with one attached hydrogen (secondary N) is 1. The SMILES string of the molecule is O=C(CNc1cccc2cccnc12)N1CCOCC1. The zero-order chi connectivity index (χ0) is 13.8. The van der Waals surface area contributed by atoms with Gasteiger partial charge in [0.2, 0.25) is 5.91 Å². The standard InChI is InChI=1S/C15H17N3O2/c19-14(18-7-9-20-10-8-18)11-17-13-5-1-3-12-4-2-6-16-15(12)13/h1-6,17H,7-11H2. The van der Waals surface area contributed by atoms with Crippen LogP contribution < -0.4 is 5.32 Å². The number of amides is 1. The molecule has 5 nitrogen and oxygen atoms in total. The molecule has 0 spiro atoms. The highest BCUT2D eigenvalue weighted by atomic mass is 16.5. The van der Waals surface area contributed by atoms with Crippen LogP contribution in [0.3, 0.4) is 0 Å². The number of nitrogens with zero attached hydrogens (tertiary/aromatic N) is 2. The van der Waals surface area contributed by atoms with Crippen molar-refractivity contribution in [3.63, 3.8) is 0 Å². The highest BCUT2D eigenvalue weighted by Gasteiger charge is 2.16. The van der Waals surface area contributed by atoms with E-state index < -0.39 is 0 Å². The first-order chi connectivity index (χ1) is 9.84. The van der Waals surface area contributed by atoms with Gasteiger partial charge in [-0.15, -0.1) is 0 Å². The molecule has 5 heteroatoms. The number of pyridine rings is 1. The topological polar surface area (TPSA) is 54.5 Å². The van der Waals surface area contributed by atoms with Crippen LogP contribution in [0.2, 0.25) is 0 Å². The first-order valence-electron chi connectivity index (χ1n) is 6.78. The summed E-state index contributed by atoms with van der Waals surface area (Å²) in [4.78, 5) is 18.3. The van der Waals surface area contributed by atoms with Crippen molar-refractivity contribution in [3.8, 4) is 0 Å². The van der Waals surface area contributed by atoms with Crippen molar-refractivity contribution in [1.82, 2.24) is 9.88 Å². The number of hydrogen-bond acceptors (Lipinski definition) is 4. The lowest BCUT2D eigenvalue weighted by molar-refractivity contribution is -0.133. The number of para-hydroxylation sites is 1. The zero-order valence-electron chi connectivity index (χ0n) is 11.2. The summed E-state index contributed by atoms with van der Waals surface area (Å²) in [6, 6.07) is 9.84. The lowest BCUT2D eigenvalue weighted by Gasteiger charge is -2.27. The predicted octanol–water partition coefficient (Wildman–Crippen LogP) is 1.51. The van der Waals surface area contributed by atoms with E-state index >= 15 is 0 Å². The maximum atomic E-state index is 12.1. The van der Waals surface area contributed by atoms with Crippen LogP contribution in [0.1, 0.15) is 0 Å². The van der Waals surface area contributed by atoms with Crippen LogP contribution in [-0.2, 0) is 9.53 Å². The first kappa shape index (κ1) is 12.9. The van der Waals surface area contributed by atoms with Gasteiger partial charge in [0.15, 0.2) is 0 Å². The van der Waals surface area contributed by atoms with Gasteiger partial charge < -0.3 is 15.0 Å². The lowest BCUT2D eigenvalue weighted by atomic mass is 10.2. The van der Waals surface area contributed by atoms with Crippen molar-refractivity contribution in [3.05, 3.63) is 36.5 Å². The van der Waals surface area contributed by atoms with Crippen molar-refractivity contribution in [1.29, 1.82) is 0 Å². The molecule has 1 aromatic heterocycles. The molecule has 0 unspecified atom stereocenters. The molecule has 2 aromatic rings. The Morgan fingerprint density at radius 1 is 1.25 bits per heavy atom. The minimum Gasteiger partial charge on any atom is -0.378 e. The Balaban J connectivity index is 1.69. The second-order valence-electron chi connectivity index (χ2n) is 4.73. The Hall–Kier alpha value is -2.14. The van der Waals surface area contributed by atoms with Gasteiger partial charge >= 0.3 is 0 Å². The summed E-state index contributed by atoms with van der Waals surface area (Å²) < 4.78 is 5.25. The molecule has 1 amide bonds. The highest BCUT2D eigenvalue weighted by molar-refractivity contribution is 5.92. The number of carbonyl (C=O) groups is 1. The van der Waals surface area contributed by atoms with E-state index in [-0.39, 0.29) is 12.5 Å². The molecule has 1 aliphatic rings. The fourth-order valence-corrected chi connectivity index (χ4v) is 2.34. The zero-order valence-corrected chi connectivity index (χ0v) is 11.2. The van der Waals surface area contributed by atoms with Crippen molar-refractivity contribution in [2.45, 2.75) is 0 Å². The lowest BCUT2D eigenvalue weighted by Crippen LogP contribution is -2.43. The molecule has 0 aliphatic carbocycles. The Labute approximate surface area is 117 Å². The van der Waals surface area contributed by atoms with Crippen LogP contribution in [0.15, 0.2) is 36.5 Å². The number of fused-ring (bicyclic) bond motifs is 1. The van der Waals surface area contributed by atoms with Gasteiger partial charge in [0.1, 0.15) is 0 Å². The Kier molecular flexibility index (Phi) is 3.78. The number of aromatic nitrogens is 1. The largest absolute Gasteiger partial charge is 0.378 e. The first-order valence-corrected chi connectivity index (χ1v) is 6.78. The third kappa shape index (κ3) is 2.72. The molecule has 0 atom stereocenters. The van der Waals surface area contributed by atoms with Crippen molar-refractivity contribution < 1.29 is 9.53 Å². The van der Waals surface area contributed by atoms with Gasteiger partial charge in [-0.3, -0.25) is 9.78 Å². The van der Waals surface area contributed by atoms with E-state index in [1.54, 1.807) is 6.20 Å². The molecular formula is C15H17N3O2. The van der Waals surface area contributed by atoms with Crippen LogP contribution in [0.5, 0.6) is 0 Å². The molecule has 2 heterocycles. The summed E-state index contributed by atoms with van der Waals surface area (Å²) in [6.45, 7) is 2.89. The molecule has 0 saturated carbocycles. The van der Waals surface area contributed by atoms with Crippen LogP contribution in [0.4, 0.5) is 5.69 Å². The summed E-state index contributed by atoms with van der Waals surface area (Å²) in [6.07, 6.45) is 1.76. The van der Waals surface area contributed by atoms with Crippen LogP contribution in [0.25, 0.3) is 10.9 Å². The molecule has 0 radical (unpaired) electrons. The molecule has 1 aliphatic heterocycles. The van der Waals surface area contributed by atoms with Crippen molar-refractivity contribution in [2.75, 3.05) is 38.2 Å². The molecular weight excluding hydrogens is 254 g/mol. The third-order valence-corrected chi connectivity index (χ3v) is 3.43. The quantitative estimate of drug-likeness (QED) is 0.919. The highest BCUT2D eigenvalue weighted by Crippen LogP contribution is 2.20. The summed E-state index contributed by atoms with van der Waals surface area (Å²) in [5.74, 6) is 0.0984. The molecule has 3 rings (SSSR count). The van der Waals surface area contributed by atoms with Crippen LogP contribution in [-0.4, -0.2) is 48.6 Å². The van der Waals surface area contributed by atoms with Crippen LogP contribution >= 0.6 is 0 Å². The Morgan fingerprint density at radius 2 is 2.05 bits per heavy atom. The van der Waals surface area contributed by atoms with E-state index in [9.17, 15) is 4.79 Å². The van der Waals surface area contributed by atoms with Gasteiger partial charge in [0.25, 0.3) is 0 Å². The molecule has 0 bridgehead atoms. The molecule has 1 aromatic carbocycles. The second kappa shape index (κ2) is 5.88. The number of benzene rings is 1. The molecule has 104 valence electrons. The smallest absolute Gasteiger partial charge is 0.242 e. The van der Waals surface area contributed by atoms with Crippen molar-refractivity contribution in [2.24, 2.45) is 0 Å². The molecule has 1 fully saturated rings. The number of rotatable bonds is 3. The van der Waals surface area contributed by atoms with E-state index in [0.717, 1.165) is 16.6 Å². The minimum atomic E-state index is 0.0984. The van der Waals surface area contributed by atoms with Gasteiger partial charge in [-0.25, -0.2) is 0 Å². The maximum Gasteiger partial charge on any atom is 0.242 e. The summed E-state index contributed by atoms with van der Waals surface area (Å²) in [5.41, 5.74) is 1.79. The van der Waals surface area contributed by atoms with E-state index in [1.165, 1.54) is 0 Å². The number of hydrogen-bond donors (Lipinski definition) is 1. The van der Waals surface area contributed by atoms with E-state index in [2.05, 4.69) is 10.3 Å². The summed E-state index contributed by atoms with van der Waals surface area (Å²) in [7, 11) is 0. The fraction of sp³-hybridized carbons (Fsp3) is 0.333. The molecule has 1 saturated heterocycles. The van der Waals surface area contributed by atoms with Gasteiger partial charge in [-0.05, 0) is 12.1 Å². The fourth-order valence-electron chi connectivity index (χ4n) is 2.34. The predicted molar refractivity (Wildman–Crippen MR) is 77.6 cm³/mol.